The van der Waals surface area contributed by atoms with Gasteiger partial charge in [-0.3, -0.25) is 14.5 Å². The molecule has 3 rings (SSSR count). The lowest BCUT2D eigenvalue weighted by Crippen LogP contribution is -2.33. The van der Waals surface area contributed by atoms with E-state index in [0.717, 1.165) is 21.6 Å². The van der Waals surface area contributed by atoms with Gasteiger partial charge >= 0.3 is 0 Å². The van der Waals surface area contributed by atoms with Crippen LogP contribution in [0, 0.1) is 13.8 Å². The Morgan fingerprint density at radius 2 is 1.76 bits per heavy atom. The lowest BCUT2D eigenvalue weighted by atomic mass is 9.99. The van der Waals surface area contributed by atoms with Crippen LogP contribution in [0.5, 0.6) is 0 Å². The van der Waals surface area contributed by atoms with Crippen molar-refractivity contribution in [2.45, 2.75) is 32.1 Å². The van der Waals surface area contributed by atoms with Crippen molar-refractivity contribution < 1.29 is 14.3 Å². The number of thioether (sulfide) groups is 1. The number of carbonyl (C=O) groups is 2. The van der Waals surface area contributed by atoms with Gasteiger partial charge in [0.15, 0.2) is 0 Å². The molecule has 0 N–H and O–H groups in total. The van der Waals surface area contributed by atoms with Gasteiger partial charge in [-0.05, 0) is 62.6 Å². The molecule has 0 bridgehead atoms. The number of ether oxygens (including phenoxy) is 1. The molecule has 0 spiro atoms. The molecule has 1 heterocycles. The van der Waals surface area contributed by atoms with Crippen LogP contribution < -0.4 is 0 Å². The van der Waals surface area contributed by atoms with E-state index in [0.29, 0.717) is 41.7 Å². The third-order valence-electron chi connectivity index (χ3n) is 4.68. The molecule has 0 fully saturated rings. The number of nitrogens with zero attached hydrogens (tertiary/aromatic N) is 1. The molecule has 6 heteroatoms. The smallest absolute Gasteiger partial charge is 0.268 e. The van der Waals surface area contributed by atoms with Crippen molar-refractivity contribution in [1.29, 1.82) is 0 Å². The van der Waals surface area contributed by atoms with Gasteiger partial charge in [0.05, 0.1) is 10.5 Å². The second-order valence-corrected chi connectivity index (χ2v) is 8.41. The highest BCUT2D eigenvalue weighted by Gasteiger charge is 2.39. The van der Waals surface area contributed by atoms with Gasteiger partial charge in [-0.15, -0.1) is 0 Å². The zero-order valence-electron chi connectivity index (χ0n) is 16.8. The summed E-state index contributed by atoms with van der Waals surface area (Å²) in [5.41, 5.74) is 3.37. The summed E-state index contributed by atoms with van der Waals surface area (Å²) in [6.07, 6.45) is 0.615. The van der Waals surface area contributed by atoms with Crippen molar-refractivity contribution >= 4 is 40.8 Å². The van der Waals surface area contributed by atoms with Gasteiger partial charge in [0, 0.05) is 29.7 Å². The van der Waals surface area contributed by atoms with E-state index in [1.54, 1.807) is 12.1 Å². The minimum atomic E-state index is -0.249. The Labute approximate surface area is 180 Å². The number of benzene rings is 2. The predicted molar refractivity (Wildman–Crippen MR) is 118 cm³/mol. The van der Waals surface area contributed by atoms with E-state index in [4.69, 9.17) is 16.3 Å². The number of carbonyl (C=O) groups excluding carboxylic acids is 2. The van der Waals surface area contributed by atoms with Gasteiger partial charge in [0.1, 0.15) is 0 Å². The van der Waals surface area contributed by atoms with Crippen LogP contribution in [0.2, 0.25) is 5.02 Å². The zero-order valence-corrected chi connectivity index (χ0v) is 18.4. The van der Waals surface area contributed by atoms with Crippen LogP contribution in [0.4, 0.5) is 0 Å². The first-order chi connectivity index (χ1) is 13.9. The van der Waals surface area contributed by atoms with Crippen molar-refractivity contribution in [3.63, 3.8) is 0 Å². The van der Waals surface area contributed by atoms with Crippen LogP contribution in [-0.2, 0) is 14.3 Å². The molecule has 0 atom stereocenters. The van der Waals surface area contributed by atoms with E-state index in [1.807, 2.05) is 51.1 Å². The highest BCUT2D eigenvalue weighted by Crippen LogP contribution is 2.40. The minimum Gasteiger partial charge on any atom is -0.382 e. The minimum absolute atomic E-state index is 0.241. The van der Waals surface area contributed by atoms with Crippen molar-refractivity contribution in [3.05, 3.63) is 69.1 Å². The summed E-state index contributed by atoms with van der Waals surface area (Å²) < 4.78 is 5.36. The molecule has 1 aliphatic heterocycles. The SMILES string of the molecule is CCOCCCN1C(=O)C(Sc2ccc(Cl)cc2)=C(c2ccc(C)cc2C)C1=O. The van der Waals surface area contributed by atoms with E-state index in [-0.39, 0.29) is 11.8 Å². The van der Waals surface area contributed by atoms with Crippen LogP contribution in [0.1, 0.15) is 30.0 Å². The lowest BCUT2D eigenvalue weighted by molar-refractivity contribution is -0.136. The fourth-order valence-electron chi connectivity index (χ4n) is 3.27. The van der Waals surface area contributed by atoms with E-state index in [2.05, 4.69) is 0 Å². The summed E-state index contributed by atoms with van der Waals surface area (Å²) in [5, 5.41) is 0.629. The number of aryl methyl sites for hydroxylation is 2. The molecule has 1 aliphatic rings. The third kappa shape index (κ3) is 4.92. The summed E-state index contributed by atoms with van der Waals surface area (Å²) in [5.74, 6) is -0.490. The molecular weight excluding hydrogens is 406 g/mol. The molecular formula is C23H24ClNO3S. The third-order valence-corrected chi connectivity index (χ3v) is 6.03. The number of hydrogen-bond acceptors (Lipinski definition) is 4. The predicted octanol–water partition coefficient (Wildman–Crippen LogP) is 5.26. The van der Waals surface area contributed by atoms with Crippen molar-refractivity contribution in [2.24, 2.45) is 0 Å². The molecule has 0 saturated carbocycles. The van der Waals surface area contributed by atoms with E-state index >= 15 is 0 Å². The van der Waals surface area contributed by atoms with Crippen molar-refractivity contribution in [2.75, 3.05) is 19.8 Å². The second-order valence-electron chi connectivity index (χ2n) is 6.89. The quantitative estimate of drug-likeness (QED) is 0.424. The number of halogens is 1. The molecule has 2 amide bonds. The van der Waals surface area contributed by atoms with Crippen LogP contribution in [0.15, 0.2) is 52.3 Å². The number of hydrogen-bond donors (Lipinski definition) is 0. The van der Waals surface area contributed by atoms with Crippen LogP contribution in [0.3, 0.4) is 0 Å². The molecule has 4 nitrogen and oxygen atoms in total. The maximum absolute atomic E-state index is 13.2. The van der Waals surface area contributed by atoms with Crippen molar-refractivity contribution in [1.82, 2.24) is 4.90 Å². The maximum atomic E-state index is 13.2. The summed E-state index contributed by atoms with van der Waals surface area (Å²) in [4.78, 5) is 29.1. The molecule has 0 radical (unpaired) electrons. The molecule has 29 heavy (non-hydrogen) atoms. The molecule has 0 aliphatic carbocycles. The Morgan fingerprint density at radius 3 is 2.41 bits per heavy atom. The molecule has 0 aromatic heterocycles. The first-order valence-electron chi connectivity index (χ1n) is 9.61. The summed E-state index contributed by atoms with van der Waals surface area (Å²) in [6.45, 7) is 7.38. The Balaban J connectivity index is 1.97. The van der Waals surface area contributed by atoms with Gasteiger partial charge in [-0.25, -0.2) is 0 Å². The fourth-order valence-corrected chi connectivity index (χ4v) is 4.40. The zero-order chi connectivity index (χ0) is 21.0. The number of rotatable bonds is 8. The van der Waals surface area contributed by atoms with Gasteiger partial charge in [0.25, 0.3) is 11.8 Å². The maximum Gasteiger partial charge on any atom is 0.268 e. The highest BCUT2D eigenvalue weighted by molar-refractivity contribution is 8.04. The number of amides is 2. The Kier molecular flexibility index (Phi) is 7.17. The van der Waals surface area contributed by atoms with Gasteiger partial charge in [-0.2, -0.15) is 0 Å². The molecule has 0 saturated heterocycles. The molecule has 2 aromatic carbocycles. The van der Waals surface area contributed by atoms with Crippen molar-refractivity contribution in [3.8, 4) is 0 Å². The van der Waals surface area contributed by atoms with Crippen LogP contribution >= 0.6 is 23.4 Å². The fraction of sp³-hybridized carbons (Fsp3) is 0.304. The summed E-state index contributed by atoms with van der Waals surface area (Å²) in [6, 6.07) is 13.2. The first-order valence-corrected chi connectivity index (χ1v) is 10.8. The average Bonchev–Trinajstić information content (AvgIpc) is 2.91. The summed E-state index contributed by atoms with van der Waals surface area (Å²) >= 11 is 7.30. The standard InChI is InChI=1S/C23H24ClNO3S/c1-4-28-13-5-12-25-22(26)20(19-11-6-15(2)14-16(19)3)21(23(25)27)29-18-9-7-17(24)8-10-18/h6-11,14H,4-5,12-13H2,1-3H3. The molecule has 152 valence electrons. The Bertz CT molecular complexity index is 953. The number of imide groups is 1. The molecule has 2 aromatic rings. The van der Waals surface area contributed by atoms with E-state index < -0.39 is 0 Å². The normalized spacial score (nSPS) is 14.3. The largest absolute Gasteiger partial charge is 0.382 e. The van der Waals surface area contributed by atoms with Crippen LogP contribution in [-0.4, -0.2) is 36.5 Å². The van der Waals surface area contributed by atoms with Gasteiger partial charge in [-0.1, -0.05) is 47.1 Å². The monoisotopic (exact) mass is 429 g/mol. The van der Waals surface area contributed by atoms with Gasteiger partial charge < -0.3 is 4.74 Å². The first kappa shape index (κ1) is 21.6. The Hall–Kier alpha value is -2.08. The van der Waals surface area contributed by atoms with Gasteiger partial charge in [0.2, 0.25) is 0 Å². The highest BCUT2D eigenvalue weighted by atomic mass is 35.5. The topological polar surface area (TPSA) is 46.6 Å². The lowest BCUT2D eigenvalue weighted by Gasteiger charge is -2.15. The van der Waals surface area contributed by atoms with E-state index in [9.17, 15) is 9.59 Å². The molecule has 0 unspecified atom stereocenters. The second kappa shape index (κ2) is 9.61. The average molecular weight is 430 g/mol. The van der Waals surface area contributed by atoms with Crippen LogP contribution in [0.25, 0.3) is 5.57 Å². The summed E-state index contributed by atoms with van der Waals surface area (Å²) in [7, 11) is 0. The van der Waals surface area contributed by atoms with E-state index in [1.165, 1.54) is 16.7 Å². The Morgan fingerprint density at radius 1 is 1.03 bits per heavy atom.